The van der Waals surface area contributed by atoms with Gasteiger partial charge < -0.3 is 0 Å². The van der Waals surface area contributed by atoms with Crippen LogP contribution in [0.5, 0.6) is 0 Å². The summed E-state index contributed by atoms with van der Waals surface area (Å²) in [5.41, 5.74) is 2.42. The van der Waals surface area contributed by atoms with Crippen LogP contribution in [-0.4, -0.2) is 30.2 Å². The number of allylic oxidation sites excluding steroid dienone is 4. The third kappa shape index (κ3) is 4.04. The quantitative estimate of drug-likeness (QED) is 0.740. The Hall–Kier alpha value is -2.12. The molecule has 1 aliphatic rings. The third-order valence-electron chi connectivity index (χ3n) is 3.76. The summed E-state index contributed by atoms with van der Waals surface area (Å²) in [5, 5.41) is 7.83. The van der Waals surface area contributed by atoms with Crippen molar-refractivity contribution in [3.8, 4) is 0 Å². The van der Waals surface area contributed by atoms with E-state index in [0.29, 0.717) is 16.3 Å². The average Bonchev–Trinajstić information content (AvgIpc) is 3.12. The minimum Gasteiger partial charge on any atom is -0.291 e. The number of aromatic nitrogens is 2. The third-order valence-corrected chi connectivity index (χ3v) is 6.35. The molecule has 0 aliphatic heterocycles. The predicted molar refractivity (Wildman–Crippen MR) is 92.7 cm³/mol. The fourth-order valence-corrected chi connectivity index (χ4v) is 4.59. The van der Waals surface area contributed by atoms with Gasteiger partial charge in [0.1, 0.15) is 5.51 Å². The number of benzene rings is 1. The van der Waals surface area contributed by atoms with Crippen molar-refractivity contribution in [3.63, 3.8) is 0 Å². The highest BCUT2D eigenvalue weighted by atomic mass is 32.2. The van der Waals surface area contributed by atoms with E-state index in [4.69, 9.17) is 0 Å². The molecule has 1 atom stereocenters. The second-order valence-electron chi connectivity index (χ2n) is 5.57. The van der Waals surface area contributed by atoms with Gasteiger partial charge in [0.05, 0.1) is 10.6 Å². The molecule has 5 nitrogen and oxygen atoms in total. The van der Waals surface area contributed by atoms with Gasteiger partial charge in [0.15, 0.2) is 20.6 Å². The van der Waals surface area contributed by atoms with Crippen LogP contribution in [0.25, 0.3) is 0 Å². The van der Waals surface area contributed by atoms with E-state index in [1.54, 1.807) is 30.3 Å². The molecule has 1 aliphatic carbocycles. The van der Waals surface area contributed by atoms with Crippen LogP contribution in [0.2, 0.25) is 0 Å². The van der Waals surface area contributed by atoms with Crippen molar-refractivity contribution < 1.29 is 13.2 Å². The zero-order valence-electron chi connectivity index (χ0n) is 12.8. The van der Waals surface area contributed by atoms with Gasteiger partial charge in [-0.05, 0) is 30.0 Å². The second-order valence-corrected chi connectivity index (χ2v) is 8.44. The number of hydrogen-bond donors (Lipinski definition) is 0. The first kappa shape index (κ1) is 16.7. The number of Topliss-reactive ketones (excluding diaryl/α,β-unsaturated/α-hetero) is 1. The van der Waals surface area contributed by atoms with E-state index in [0.717, 1.165) is 5.57 Å². The van der Waals surface area contributed by atoms with Gasteiger partial charge in [-0.15, -0.1) is 10.2 Å². The van der Waals surface area contributed by atoms with Gasteiger partial charge in [0.25, 0.3) is 0 Å². The van der Waals surface area contributed by atoms with Crippen molar-refractivity contribution in [2.45, 2.75) is 17.7 Å². The molecule has 0 saturated carbocycles. The van der Waals surface area contributed by atoms with Gasteiger partial charge in [-0.1, -0.05) is 47.8 Å². The minimum atomic E-state index is -3.30. The molecule has 0 saturated heterocycles. The molecule has 1 aromatic carbocycles. The number of rotatable bonds is 6. The van der Waals surface area contributed by atoms with Crippen LogP contribution >= 0.6 is 11.3 Å². The van der Waals surface area contributed by atoms with Crippen LogP contribution in [0.15, 0.2) is 64.5 Å². The molecule has 3 rings (SSSR count). The molecule has 0 N–H and O–H groups in total. The second kappa shape index (κ2) is 7.19. The summed E-state index contributed by atoms with van der Waals surface area (Å²) < 4.78 is 24.8. The van der Waals surface area contributed by atoms with Crippen molar-refractivity contribution >= 4 is 27.0 Å². The molecule has 1 unspecified atom stereocenters. The highest BCUT2D eigenvalue weighted by Crippen LogP contribution is 2.24. The van der Waals surface area contributed by atoms with Crippen molar-refractivity contribution in [1.29, 1.82) is 0 Å². The highest BCUT2D eigenvalue weighted by molar-refractivity contribution is 7.91. The monoisotopic (exact) mass is 360 g/mol. The van der Waals surface area contributed by atoms with E-state index in [2.05, 4.69) is 10.2 Å². The molecular formula is C17H16N2O3S2. The summed E-state index contributed by atoms with van der Waals surface area (Å²) in [4.78, 5) is 12.4. The Morgan fingerprint density at radius 1 is 1.25 bits per heavy atom. The maximum Gasteiger partial charge on any atom is 0.197 e. The lowest BCUT2D eigenvalue weighted by Crippen LogP contribution is -2.16. The van der Waals surface area contributed by atoms with Crippen molar-refractivity contribution in [3.05, 3.63) is 64.7 Å². The number of carbonyl (C=O) groups is 1. The standard InChI is InChI=1S/C17H16N2O3S2/c20-16(17-19-18-12-23-17)10-13-6-8-14(9-7-13)11-24(21,22)15-4-2-1-3-5-15/h1-8,12,14H,9-11H2. The minimum absolute atomic E-state index is 0.0660. The van der Waals surface area contributed by atoms with Crippen LogP contribution in [0.1, 0.15) is 22.6 Å². The molecule has 7 heteroatoms. The first-order valence-corrected chi connectivity index (χ1v) is 10.0. The first-order chi connectivity index (χ1) is 11.5. The van der Waals surface area contributed by atoms with E-state index in [1.807, 2.05) is 18.2 Å². The fraction of sp³-hybridized carbons (Fsp3) is 0.235. The largest absolute Gasteiger partial charge is 0.291 e. The predicted octanol–water partition coefficient (Wildman–Crippen LogP) is 3.09. The van der Waals surface area contributed by atoms with Crippen LogP contribution in [0, 0.1) is 5.92 Å². The van der Waals surface area contributed by atoms with Gasteiger partial charge >= 0.3 is 0 Å². The molecule has 0 fully saturated rings. The number of hydrogen-bond acceptors (Lipinski definition) is 6. The van der Waals surface area contributed by atoms with Crippen molar-refractivity contribution in [2.24, 2.45) is 5.92 Å². The summed E-state index contributed by atoms with van der Waals surface area (Å²) in [5.74, 6) is -0.0684. The van der Waals surface area contributed by atoms with Crippen LogP contribution in [0.4, 0.5) is 0 Å². The van der Waals surface area contributed by atoms with Crippen LogP contribution < -0.4 is 0 Å². The molecule has 1 aromatic heterocycles. The average molecular weight is 360 g/mol. The lowest BCUT2D eigenvalue weighted by molar-refractivity contribution is 0.0992. The molecular weight excluding hydrogens is 344 g/mol. The Morgan fingerprint density at radius 2 is 2.04 bits per heavy atom. The topological polar surface area (TPSA) is 77.0 Å². The molecule has 124 valence electrons. The Kier molecular flexibility index (Phi) is 5.01. The molecule has 0 amide bonds. The maximum absolute atomic E-state index is 12.4. The normalized spacial score (nSPS) is 17.5. The number of nitrogens with zero attached hydrogens (tertiary/aromatic N) is 2. The van der Waals surface area contributed by atoms with E-state index >= 15 is 0 Å². The van der Waals surface area contributed by atoms with Gasteiger partial charge in [-0.2, -0.15) is 0 Å². The summed E-state index contributed by atoms with van der Waals surface area (Å²) in [6.07, 6.45) is 6.53. The number of sulfone groups is 1. The van der Waals surface area contributed by atoms with Gasteiger partial charge in [0.2, 0.25) is 0 Å². The lowest BCUT2D eigenvalue weighted by Gasteiger charge is -2.16. The van der Waals surface area contributed by atoms with E-state index < -0.39 is 9.84 Å². The van der Waals surface area contributed by atoms with E-state index in [1.165, 1.54) is 16.8 Å². The smallest absolute Gasteiger partial charge is 0.197 e. The lowest BCUT2D eigenvalue weighted by atomic mass is 9.96. The summed E-state index contributed by atoms with van der Waals surface area (Å²) in [7, 11) is -3.30. The van der Waals surface area contributed by atoms with E-state index in [9.17, 15) is 13.2 Å². The van der Waals surface area contributed by atoms with Crippen molar-refractivity contribution in [1.82, 2.24) is 10.2 Å². The van der Waals surface area contributed by atoms with Crippen LogP contribution in [0.3, 0.4) is 0 Å². The Morgan fingerprint density at radius 3 is 2.67 bits per heavy atom. The number of carbonyl (C=O) groups excluding carboxylic acids is 1. The van der Waals surface area contributed by atoms with Crippen LogP contribution in [-0.2, 0) is 9.84 Å². The number of ketones is 1. The summed E-state index contributed by atoms with van der Waals surface area (Å²) in [6.45, 7) is 0. The zero-order chi connectivity index (χ0) is 17.0. The molecule has 2 aromatic rings. The van der Waals surface area contributed by atoms with E-state index in [-0.39, 0.29) is 23.9 Å². The van der Waals surface area contributed by atoms with Gasteiger partial charge in [0, 0.05) is 6.42 Å². The Balaban J connectivity index is 1.60. The molecule has 0 radical (unpaired) electrons. The molecule has 0 bridgehead atoms. The fourth-order valence-electron chi connectivity index (χ4n) is 2.53. The highest BCUT2D eigenvalue weighted by Gasteiger charge is 2.21. The Labute approximate surface area is 144 Å². The zero-order valence-corrected chi connectivity index (χ0v) is 14.5. The Bertz CT molecular complexity index is 870. The molecule has 0 spiro atoms. The molecule has 24 heavy (non-hydrogen) atoms. The summed E-state index contributed by atoms with van der Waals surface area (Å²) >= 11 is 1.22. The first-order valence-electron chi connectivity index (χ1n) is 7.49. The van der Waals surface area contributed by atoms with Gasteiger partial charge in [-0.3, -0.25) is 4.79 Å². The maximum atomic E-state index is 12.4. The van der Waals surface area contributed by atoms with Gasteiger partial charge in [-0.25, -0.2) is 8.42 Å². The molecule has 1 heterocycles. The SMILES string of the molecule is O=C(CC1=CCC(CS(=O)(=O)c2ccccc2)C=C1)c1nncs1. The van der Waals surface area contributed by atoms with Crippen molar-refractivity contribution in [2.75, 3.05) is 5.75 Å². The summed E-state index contributed by atoms with van der Waals surface area (Å²) in [6, 6.07) is 8.47.